The average molecular weight is 275 g/mol. The van der Waals surface area contributed by atoms with E-state index in [0.717, 1.165) is 12.1 Å². The second-order valence-corrected chi connectivity index (χ2v) is 5.36. The van der Waals surface area contributed by atoms with E-state index in [-0.39, 0.29) is 12.5 Å². The molecule has 0 saturated heterocycles. The molecule has 1 saturated carbocycles. The van der Waals surface area contributed by atoms with Crippen LogP contribution in [0.15, 0.2) is 24.3 Å². The van der Waals surface area contributed by atoms with Crippen LogP contribution >= 0.6 is 0 Å². The van der Waals surface area contributed by atoms with Gasteiger partial charge in [-0.05, 0) is 43.4 Å². The van der Waals surface area contributed by atoms with Crippen molar-refractivity contribution in [3.05, 3.63) is 35.4 Å². The summed E-state index contributed by atoms with van der Waals surface area (Å²) in [5.74, 6) is 0. The molecule has 5 heteroatoms. The lowest BCUT2D eigenvalue weighted by Gasteiger charge is -2.32. The fourth-order valence-electron chi connectivity index (χ4n) is 2.51. The van der Waals surface area contributed by atoms with Gasteiger partial charge >= 0.3 is 6.18 Å². The highest BCUT2D eigenvalue weighted by Crippen LogP contribution is 2.35. The average Bonchev–Trinajstić information content (AvgIpc) is 2.33. The normalized spacial score (nSPS) is 28.4. The van der Waals surface area contributed by atoms with Gasteiger partial charge in [0.25, 0.3) is 0 Å². The molecule has 2 rings (SSSR count). The minimum atomic E-state index is -4.34. The van der Waals surface area contributed by atoms with Crippen LogP contribution in [0, 0.1) is 0 Å². The summed E-state index contributed by atoms with van der Waals surface area (Å²) in [5.41, 5.74) is 4.31. The summed E-state index contributed by atoms with van der Waals surface area (Å²) in [4.78, 5) is 0. The van der Waals surface area contributed by atoms with Gasteiger partial charge in [-0.25, -0.2) is 4.39 Å². The Kier molecular flexibility index (Phi) is 3.85. The Bertz CT molecular complexity index is 416. The van der Waals surface area contributed by atoms with Crippen LogP contribution in [0.25, 0.3) is 0 Å². The maximum Gasteiger partial charge on any atom is 0.416 e. The molecule has 0 aliphatic heterocycles. The Morgan fingerprint density at radius 1 is 1.11 bits per heavy atom. The van der Waals surface area contributed by atoms with Gasteiger partial charge in [0.2, 0.25) is 0 Å². The number of alkyl halides is 4. The summed E-state index contributed by atoms with van der Waals surface area (Å²) in [7, 11) is 0. The summed E-state index contributed by atoms with van der Waals surface area (Å²) in [6.45, 7) is 0. The Hall–Kier alpha value is -1.10. The predicted molar refractivity (Wildman–Crippen MR) is 65.4 cm³/mol. The van der Waals surface area contributed by atoms with Crippen molar-refractivity contribution < 1.29 is 17.6 Å². The Balaban J connectivity index is 2.03. The first kappa shape index (κ1) is 14.3. The largest absolute Gasteiger partial charge is 0.416 e. The zero-order chi connectivity index (χ0) is 14.1. The van der Waals surface area contributed by atoms with E-state index < -0.39 is 17.4 Å². The molecule has 0 bridgehead atoms. The Labute approximate surface area is 109 Å². The second kappa shape index (κ2) is 5.12. The van der Waals surface area contributed by atoms with Crippen LogP contribution in [0.2, 0.25) is 0 Å². The van der Waals surface area contributed by atoms with E-state index in [0.29, 0.717) is 31.2 Å². The quantitative estimate of drug-likeness (QED) is 0.815. The topological polar surface area (TPSA) is 26.0 Å². The number of halogens is 4. The molecule has 0 unspecified atom stereocenters. The van der Waals surface area contributed by atoms with E-state index in [4.69, 9.17) is 5.73 Å². The molecule has 1 aromatic carbocycles. The van der Waals surface area contributed by atoms with Crippen LogP contribution in [0.5, 0.6) is 0 Å². The van der Waals surface area contributed by atoms with E-state index in [1.165, 1.54) is 12.1 Å². The van der Waals surface area contributed by atoms with Crippen molar-refractivity contribution in [2.45, 2.75) is 50.0 Å². The van der Waals surface area contributed by atoms with Gasteiger partial charge < -0.3 is 5.73 Å². The Morgan fingerprint density at radius 3 is 2.11 bits per heavy atom. The lowest BCUT2D eigenvalue weighted by Crippen LogP contribution is -2.37. The third-order valence-electron chi connectivity index (χ3n) is 3.73. The van der Waals surface area contributed by atoms with Gasteiger partial charge in [0, 0.05) is 12.5 Å². The standard InChI is InChI=1S/C14H17F4N/c15-13(7-5-12(19)6-8-13)9-10-1-3-11(4-2-10)14(16,17)18/h1-4,12H,5-9,19H2. The van der Waals surface area contributed by atoms with Crippen LogP contribution in [0.1, 0.15) is 36.8 Å². The first-order valence-electron chi connectivity index (χ1n) is 6.39. The van der Waals surface area contributed by atoms with Crippen molar-refractivity contribution in [3.63, 3.8) is 0 Å². The molecule has 0 heterocycles. The van der Waals surface area contributed by atoms with Gasteiger partial charge in [0.05, 0.1) is 5.56 Å². The summed E-state index contributed by atoms with van der Waals surface area (Å²) in [5, 5.41) is 0. The van der Waals surface area contributed by atoms with E-state index in [1.807, 2.05) is 0 Å². The van der Waals surface area contributed by atoms with Gasteiger partial charge in [-0.15, -0.1) is 0 Å². The smallest absolute Gasteiger partial charge is 0.328 e. The minimum Gasteiger partial charge on any atom is -0.328 e. The predicted octanol–water partition coefficient (Wildman–Crippen LogP) is 3.86. The van der Waals surface area contributed by atoms with Crippen LogP contribution in [-0.2, 0) is 12.6 Å². The van der Waals surface area contributed by atoms with E-state index in [2.05, 4.69) is 0 Å². The molecule has 0 aromatic heterocycles. The molecule has 1 fully saturated rings. The highest BCUT2D eigenvalue weighted by atomic mass is 19.4. The van der Waals surface area contributed by atoms with Crippen LogP contribution < -0.4 is 5.73 Å². The highest BCUT2D eigenvalue weighted by Gasteiger charge is 2.35. The molecule has 19 heavy (non-hydrogen) atoms. The fourth-order valence-corrected chi connectivity index (χ4v) is 2.51. The molecular weight excluding hydrogens is 258 g/mol. The number of hydrogen-bond donors (Lipinski definition) is 1. The van der Waals surface area contributed by atoms with Crippen LogP contribution in [0.4, 0.5) is 17.6 Å². The molecule has 0 atom stereocenters. The van der Waals surface area contributed by atoms with E-state index in [1.54, 1.807) is 0 Å². The first-order chi connectivity index (χ1) is 8.78. The molecule has 1 aliphatic rings. The van der Waals surface area contributed by atoms with Gasteiger partial charge in [0.1, 0.15) is 5.67 Å². The van der Waals surface area contributed by atoms with Gasteiger partial charge in [-0.1, -0.05) is 12.1 Å². The summed E-state index contributed by atoms with van der Waals surface area (Å²) < 4.78 is 51.7. The number of rotatable bonds is 2. The van der Waals surface area contributed by atoms with E-state index in [9.17, 15) is 17.6 Å². The second-order valence-electron chi connectivity index (χ2n) is 5.36. The minimum absolute atomic E-state index is 0.0523. The maximum atomic E-state index is 14.5. The molecule has 106 valence electrons. The number of benzene rings is 1. The fraction of sp³-hybridized carbons (Fsp3) is 0.571. The summed E-state index contributed by atoms with van der Waals surface area (Å²) in [6, 6.07) is 4.79. The molecule has 1 aliphatic carbocycles. The van der Waals surface area contributed by atoms with Gasteiger partial charge in [-0.3, -0.25) is 0 Å². The summed E-state index contributed by atoms with van der Waals surface area (Å²) in [6.07, 6.45) is -2.14. The monoisotopic (exact) mass is 275 g/mol. The van der Waals surface area contributed by atoms with Crippen molar-refractivity contribution >= 4 is 0 Å². The lowest BCUT2D eigenvalue weighted by molar-refractivity contribution is -0.137. The molecule has 0 spiro atoms. The van der Waals surface area contributed by atoms with Crippen molar-refractivity contribution in [1.29, 1.82) is 0 Å². The van der Waals surface area contributed by atoms with Crippen molar-refractivity contribution in [1.82, 2.24) is 0 Å². The third-order valence-corrected chi connectivity index (χ3v) is 3.73. The van der Waals surface area contributed by atoms with Crippen LogP contribution in [-0.4, -0.2) is 11.7 Å². The molecular formula is C14H17F4N. The number of hydrogen-bond acceptors (Lipinski definition) is 1. The molecule has 1 aromatic rings. The van der Waals surface area contributed by atoms with Gasteiger partial charge in [0.15, 0.2) is 0 Å². The van der Waals surface area contributed by atoms with Gasteiger partial charge in [-0.2, -0.15) is 13.2 Å². The zero-order valence-electron chi connectivity index (χ0n) is 10.5. The zero-order valence-corrected chi connectivity index (χ0v) is 10.5. The molecule has 0 radical (unpaired) electrons. The number of nitrogens with two attached hydrogens (primary N) is 1. The first-order valence-corrected chi connectivity index (χ1v) is 6.39. The van der Waals surface area contributed by atoms with Crippen molar-refractivity contribution in [2.24, 2.45) is 5.73 Å². The maximum absolute atomic E-state index is 14.5. The third kappa shape index (κ3) is 3.69. The molecule has 2 N–H and O–H groups in total. The van der Waals surface area contributed by atoms with E-state index >= 15 is 0 Å². The Morgan fingerprint density at radius 2 is 1.63 bits per heavy atom. The molecule has 1 nitrogen and oxygen atoms in total. The molecule has 0 amide bonds. The summed E-state index contributed by atoms with van der Waals surface area (Å²) >= 11 is 0. The van der Waals surface area contributed by atoms with Crippen LogP contribution in [0.3, 0.4) is 0 Å². The SMILES string of the molecule is NC1CCC(F)(Cc2ccc(C(F)(F)F)cc2)CC1. The van der Waals surface area contributed by atoms with Crippen molar-refractivity contribution in [2.75, 3.05) is 0 Å². The highest BCUT2D eigenvalue weighted by molar-refractivity contribution is 5.25. The lowest BCUT2D eigenvalue weighted by atomic mass is 9.80. The van der Waals surface area contributed by atoms with Crippen molar-refractivity contribution in [3.8, 4) is 0 Å².